The van der Waals surface area contributed by atoms with Crippen LogP contribution in [0.1, 0.15) is 35.3 Å². The van der Waals surface area contributed by atoms with Crippen molar-refractivity contribution < 1.29 is 9.18 Å². The minimum Gasteiger partial charge on any atom is -0.294 e. The number of aromatic nitrogens is 2. The Labute approximate surface area is 129 Å². The predicted molar refractivity (Wildman–Crippen MR) is 82.0 cm³/mol. The minimum absolute atomic E-state index is 0.0851. The van der Waals surface area contributed by atoms with Gasteiger partial charge in [0.25, 0.3) is 0 Å². The molecule has 1 aromatic carbocycles. The second-order valence-corrected chi connectivity index (χ2v) is 5.85. The van der Waals surface area contributed by atoms with Crippen LogP contribution >= 0.6 is 0 Å². The molecule has 3 rings (SSSR count). The maximum Gasteiger partial charge on any atom is 0.164 e. The Morgan fingerprint density at radius 2 is 2.09 bits per heavy atom. The Kier molecular flexibility index (Phi) is 4.34. The van der Waals surface area contributed by atoms with Gasteiger partial charge >= 0.3 is 0 Å². The Balaban J connectivity index is 1.64. The van der Waals surface area contributed by atoms with E-state index in [1.807, 2.05) is 17.8 Å². The third kappa shape index (κ3) is 3.25. The average molecular weight is 301 g/mol. The summed E-state index contributed by atoms with van der Waals surface area (Å²) in [5, 5.41) is 4.19. The highest BCUT2D eigenvalue weighted by atomic mass is 19.1. The van der Waals surface area contributed by atoms with E-state index in [1.54, 1.807) is 18.3 Å². The number of halogens is 1. The van der Waals surface area contributed by atoms with Crippen LogP contribution in [0, 0.1) is 5.82 Å². The van der Waals surface area contributed by atoms with Crippen molar-refractivity contribution in [1.82, 2.24) is 14.7 Å². The van der Waals surface area contributed by atoms with Gasteiger partial charge < -0.3 is 0 Å². The minimum atomic E-state index is -0.310. The molecule has 1 unspecified atom stereocenters. The zero-order valence-electron chi connectivity index (χ0n) is 12.7. The maximum absolute atomic E-state index is 12.9. The SMILES string of the molecule is Cn1nccc1CN1CCCC1CC(=O)c1ccc(F)cc1. The number of carbonyl (C=O) groups excluding carboxylic acids is 1. The number of ketones is 1. The maximum atomic E-state index is 12.9. The van der Waals surface area contributed by atoms with Gasteiger partial charge in [-0.2, -0.15) is 5.10 Å². The molecule has 0 amide bonds. The molecule has 116 valence electrons. The number of hydrogen-bond acceptors (Lipinski definition) is 3. The molecule has 0 aliphatic carbocycles. The van der Waals surface area contributed by atoms with E-state index in [0.29, 0.717) is 12.0 Å². The number of nitrogens with zero attached hydrogens (tertiary/aromatic N) is 3. The van der Waals surface area contributed by atoms with E-state index in [1.165, 1.54) is 12.1 Å². The van der Waals surface area contributed by atoms with Gasteiger partial charge in [-0.15, -0.1) is 0 Å². The molecule has 1 aromatic heterocycles. The van der Waals surface area contributed by atoms with Gasteiger partial charge in [-0.1, -0.05) is 0 Å². The second-order valence-electron chi connectivity index (χ2n) is 5.85. The summed E-state index contributed by atoms with van der Waals surface area (Å²) in [5.74, 6) is -0.225. The fraction of sp³-hybridized carbons (Fsp3) is 0.412. The van der Waals surface area contributed by atoms with Crippen molar-refractivity contribution in [3.05, 3.63) is 53.6 Å². The van der Waals surface area contributed by atoms with Gasteiger partial charge in [0.05, 0.1) is 5.69 Å². The highest BCUT2D eigenvalue weighted by Gasteiger charge is 2.27. The van der Waals surface area contributed by atoms with Crippen LogP contribution < -0.4 is 0 Å². The first-order valence-electron chi connectivity index (χ1n) is 7.63. The van der Waals surface area contributed by atoms with Crippen molar-refractivity contribution in [3.63, 3.8) is 0 Å². The van der Waals surface area contributed by atoms with E-state index in [9.17, 15) is 9.18 Å². The van der Waals surface area contributed by atoms with Gasteiger partial charge in [0.1, 0.15) is 5.82 Å². The van der Waals surface area contributed by atoms with Crippen LogP contribution in [0.3, 0.4) is 0 Å². The van der Waals surface area contributed by atoms with Crippen LogP contribution in [0.4, 0.5) is 4.39 Å². The number of carbonyl (C=O) groups is 1. The average Bonchev–Trinajstić information content (AvgIpc) is 3.10. The first-order valence-corrected chi connectivity index (χ1v) is 7.63. The van der Waals surface area contributed by atoms with Crippen LogP contribution in [0.25, 0.3) is 0 Å². The van der Waals surface area contributed by atoms with Crippen molar-refractivity contribution in [2.75, 3.05) is 6.54 Å². The number of likely N-dealkylation sites (tertiary alicyclic amines) is 1. The molecule has 1 atom stereocenters. The standard InChI is InChI=1S/C17H20FN3O/c1-20-16(8-9-19-20)12-21-10-2-3-15(21)11-17(22)13-4-6-14(18)7-5-13/h4-9,15H,2-3,10-12H2,1H3. The lowest BCUT2D eigenvalue weighted by atomic mass is 10.0. The van der Waals surface area contributed by atoms with Crippen LogP contribution in [-0.4, -0.2) is 33.1 Å². The first-order chi connectivity index (χ1) is 10.6. The lowest BCUT2D eigenvalue weighted by Gasteiger charge is -2.23. The molecule has 0 radical (unpaired) electrons. The van der Waals surface area contributed by atoms with Gasteiger partial charge in [-0.25, -0.2) is 4.39 Å². The number of rotatable bonds is 5. The third-order valence-electron chi connectivity index (χ3n) is 4.37. The zero-order chi connectivity index (χ0) is 15.5. The van der Waals surface area contributed by atoms with E-state index >= 15 is 0 Å². The quantitative estimate of drug-likeness (QED) is 0.797. The van der Waals surface area contributed by atoms with Gasteiger partial charge in [0.2, 0.25) is 0 Å². The molecule has 2 aromatic rings. The van der Waals surface area contributed by atoms with E-state index < -0.39 is 0 Å². The summed E-state index contributed by atoms with van der Waals surface area (Å²) in [6.07, 6.45) is 4.43. The number of hydrogen-bond donors (Lipinski definition) is 0. The molecule has 2 heterocycles. The van der Waals surface area contributed by atoms with E-state index in [2.05, 4.69) is 10.00 Å². The molecular formula is C17H20FN3O. The first kappa shape index (κ1) is 14.9. The summed E-state index contributed by atoms with van der Waals surface area (Å²) < 4.78 is 14.8. The molecule has 0 spiro atoms. The lowest BCUT2D eigenvalue weighted by Crippen LogP contribution is -2.31. The van der Waals surface area contributed by atoms with Crippen molar-refractivity contribution in [3.8, 4) is 0 Å². The van der Waals surface area contributed by atoms with Crippen LogP contribution in [0.2, 0.25) is 0 Å². The molecule has 4 nitrogen and oxygen atoms in total. The topological polar surface area (TPSA) is 38.1 Å². The Hall–Kier alpha value is -2.01. The van der Waals surface area contributed by atoms with Crippen molar-refractivity contribution >= 4 is 5.78 Å². The summed E-state index contributed by atoms with van der Waals surface area (Å²) >= 11 is 0. The molecule has 22 heavy (non-hydrogen) atoms. The fourth-order valence-corrected chi connectivity index (χ4v) is 3.07. The molecule has 0 saturated carbocycles. The van der Waals surface area contributed by atoms with Crippen molar-refractivity contribution in [2.24, 2.45) is 7.05 Å². The Morgan fingerprint density at radius 1 is 1.32 bits per heavy atom. The number of benzene rings is 1. The normalized spacial score (nSPS) is 18.7. The second kappa shape index (κ2) is 6.40. The molecular weight excluding hydrogens is 281 g/mol. The van der Waals surface area contributed by atoms with E-state index in [0.717, 1.165) is 31.6 Å². The highest BCUT2D eigenvalue weighted by Crippen LogP contribution is 2.24. The summed E-state index contributed by atoms with van der Waals surface area (Å²) in [5.41, 5.74) is 1.75. The molecule has 5 heteroatoms. The number of aryl methyl sites for hydroxylation is 1. The molecule has 0 N–H and O–H groups in total. The van der Waals surface area contributed by atoms with Gasteiger partial charge in [-0.05, 0) is 49.7 Å². The Morgan fingerprint density at radius 3 is 2.77 bits per heavy atom. The summed E-state index contributed by atoms with van der Waals surface area (Å²) in [6, 6.07) is 8.09. The molecule has 0 bridgehead atoms. The summed E-state index contributed by atoms with van der Waals surface area (Å²) in [6.45, 7) is 1.82. The van der Waals surface area contributed by atoms with Gasteiger partial charge in [0, 0.05) is 37.8 Å². The summed E-state index contributed by atoms with van der Waals surface area (Å²) in [4.78, 5) is 14.7. The predicted octanol–water partition coefficient (Wildman–Crippen LogP) is 2.80. The molecule has 1 aliphatic rings. The van der Waals surface area contributed by atoms with Crippen LogP contribution in [-0.2, 0) is 13.6 Å². The third-order valence-corrected chi connectivity index (χ3v) is 4.37. The monoisotopic (exact) mass is 301 g/mol. The zero-order valence-corrected chi connectivity index (χ0v) is 12.7. The van der Waals surface area contributed by atoms with E-state index in [-0.39, 0.29) is 17.6 Å². The lowest BCUT2D eigenvalue weighted by molar-refractivity contribution is 0.0937. The fourth-order valence-electron chi connectivity index (χ4n) is 3.07. The largest absolute Gasteiger partial charge is 0.294 e. The summed E-state index contributed by atoms with van der Waals surface area (Å²) in [7, 11) is 1.93. The molecule has 1 saturated heterocycles. The van der Waals surface area contributed by atoms with Crippen LogP contribution in [0.5, 0.6) is 0 Å². The highest BCUT2D eigenvalue weighted by molar-refractivity contribution is 5.96. The molecule has 1 aliphatic heterocycles. The van der Waals surface area contributed by atoms with Crippen LogP contribution in [0.15, 0.2) is 36.5 Å². The van der Waals surface area contributed by atoms with Crippen molar-refractivity contribution in [1.29, 1.82) is 0 Å². The van der Waals surface area contributed by atoms with Gasteiger partial charge in [0.15, 0.2) is 5.78 Å². The Bertz CT molecular complexity index is 650. The molecule has 1 fully saturated rings. The smallest absolute Gasteiger partial charge is 0.164 e. The van der Waals surface area contributed by atoms with E-state index in [4.69, 9.17) is 0 Å². The number of Topliss-reactive ketones (excluding diaryl/α,β-unsaturated/α-hetero) is 1. The van der Waals surface area contributed by atoms with Gasteiger partial charge in [-0.3, -0.25) is 14.4 Å². The van der Waals surface area contributed by atoms with Crippen molar-refractivity contribution in [2.45, 2.75) is 31.8 Å².